The molecule has 0 bridgehead atoms. The zero-order valence-corrected chi connectivity index (χ0v) is 29.5. The molecule has 0 atom stereocenters. The number of alkyl halides is 1. The largest absolute Gasteiger partial charge is 0.507 e. The zero-order chi connectivity index (χ0) is 37.8. The highest BCUT2D eigenvalue weighted by atomic mass is 35.5. The Morgan fingerprint density at radius 2 is 1.32 bits per heavy atom. The lowest BCUT2D eigenvalue weighted by atomic mass is 10.1. The van der Waals surface area contributed by atoms with Gasteiger partial charge >= 0.3 is 0 Å². The molecule has 0 heterocycles. The SMILES string of the molecule is CC(=O)Nc1ccc(N)c(S(=O)(=O)O)c1.O=C(Nc1cc(S(=O)(=O)O)cc2cc(S(=O)(=O)O)cc(O)c12)c1ccc(CS(=O)(=O)CCCl)cc1. The summed E-state index contributed by atoms with van der Waals surface area (Å²) in [6.45, 7) is 1.28. The number of sulfone groups is 1. The smallest absolute Gasteiger partial charge is 0.296 e. The molecule has 0 unspecified atom stereocenters. The van der Waals surface area contributed by atoms with Crippen LogP contribution in [-0.2, 0) is 50.7 Å². The summed E-state index contributed by atoms with van der Waals surface area (Å²) in [5, 5.41) is 14.7. The minimum atomic E-state index is -4.82. The van der Waals surface area contributed by atoms with E-state index in [9.17, 15) is 57.5 Å². The van der Waals surface area contributed by atoms with Crippen LogP contribution in [0.2, 0.25) is 0 Å². The van der Waals surface area contributed by atoms with Crippen LogP contribution in [0.25, 0.3) is 10.8 Å². The molecule has 0 aliphatic carbocycles. The fourth-order valence-electron chi connectivity index (χ4n) is 4.26. The van der Waals surface area contributed by atoms with Gasteiger partial charge in [-0.25, -0.2) is 8.42 Å². The van der Waals surface area contributed by atoms with Gasteiger partial charge in [0.15, 0.2) is 9.84 Å². The number of benzene rings is 4. The highest BCUT2D eigenvalue weighted by molar-refractivity contribution is 7.90. The first-order chi connectivity index (χ1) is 22.9. The van der Waals surface area contributed by atoms with Gasteiger partial charge in [0.2, 0.25) is 5.91 Å². The second kappa shape index (κ2) is 15.3. The van der Waals surface area contributed by atoms with Crippen LogP contribution in [0.1, 0.15) is 22.8 Å². The number of amides is 2. The van der Waals surface area contributed by atoms with Gasteiger partial charge < -0.3 is 21.5 Å². The second-order valence-corrected chi connectivity index (χ2v) is 17.1. The molecule has 0 spiro atoms. The van der Waals surface area contributed by atoms with Gasteiger partial charge in [-0.2, -0.15) is 25.3 Å². The van der Waals surface area contributed by atoms with E-state index in [0.29, 0.717) is 11.6 Å². The Morgan fingerprint density at radius 3 is 1.82 bits per heavy atom. The molecule has 17 nitrogen and oxygen atoms in total. The molecular weight excluding hydrogens is 766 g/mol. The van der Waals surface area contributed by atoms with Crippen molar-refractivity contribution in [1.29, 1.82) is 0 Å². The summed E-state index contributed by atoms with van der Waals surface area (Å²) in [6, 6.07) is 12.5. The van der Waals surface area contributed by atoms with E-state index in [2.05, 4.69) is 10.6 Å². The number of halogens is 1. The number of aromatic hydroxyl groups is 1. The molecule has 4 aromatic rings. The number of hydrogen-bond donors (Lipinski definition) is 7. The van der Waals surface area contributed by atoms with Gasteiger partial charge in [-0.15, -0.1) is 11.6 Å². The molecule has 0 saturated carbocycles. The normalized spacial score (nSPS) is 12.1. The van der Waals surface area contributed by atoms with Crippen LogP contribution in [-0.4, -0.2) is 75.9 Å². The van der Waals surface area contributed by atoms with E-state index in [1.54, 1.807) is 0 Å². The summed E-state index contributed by atoms with van der Waals surface area (Å²) in [5.74, 6) is -2.39. The van der Waals surface area contributed by atoms with E-state index < -0.39 is 66.5 Å². The van der Waals surface area contributed by atoms with Crippen LogP contribution in [0, 0.1) is 0 Å². The number of nitrogens with two attached hydrogens (primary N) is 1. The Kier molecular flexibility index (Phi) is 12.2. The standard InChI is InChI=1S/C20H18ClNO10S3.C8H10N2O4S/c21-5-6-33(25,26)11-12-1-3-13(4-2-12)20(24)22-17-9-15(34(27,28)29)7-14-8-16(35(30,31)32)10-18(23)19(14)17;1-5(11)10-6-2-3-7(9)8(4-6)15(12,13)14/h1-4,7-10,23H,5-6,11H2,(H,22,24)(H,27,28,29)(H,30,31,32);2-4H,9H2,1H3,(H,10,11)(H,12,13,14). The van der Waals surface area contributed by atoms with Crippen LogP contribution in [0.3, 0.4) is 0 Å². The van der Waals surface area contributed by atoms with Gasteiger partial charge in [0.1, 0.15) is 10.6 Å². The molecule has 0 aliphatic rings. The number of fused-ring (bicyclic) bond motifs is 1. The molecule has 0 radical (unpaired) electrons. The first-order valence-corrected chi connectivity index (χ1v) is 20.2. The molecule has 22 heteroatoms. The number of hydrogen-bond acceptors (Lipinski definition) is 12. The van der Waals surface area contributed by atoms with Crippen molar-refractivity contribution in [3.8, 4) is 5.75 Å². The first-order valence-electron chi connectivity index (χ1n) is 13.5. The molecule has 8 N–H and O–H groups in total. The molecule has 50 heavy (non-hydrogen) atoms. The topological polar surface area (TPSA) is 302 Å². The number of phenolic OH excluding ortho intramolecular Hbond substituents is 1. The molecule has 0 aliphatic heterocycles. The van der Waals surface area contributed by atoms with E-state index in [4.69, 9.17) is 21.9 Å². The molecule has 0 aromatic heterocycles. The second-order valence-electron chi connectivity index (χ2n) is 10.3. The fourth-order valence-corrected chi connectivity index (χ4v) is 7.77. The molecule has 2 amide bonds. The van der Waals surface area contributed by atoms with Crippen molar-refractivity contribution in [2.75, 3.05) is 28.0 Å². The maximum Gasteiger partial charge on any atom is 0.296 e. The van der Waals surface area contributed by atoms with E-state index in [1.807, 2.05) is 0 Å². The number of rotatable bonds is 10. The summed E-state index contributed by atoms with van der Waals surface area (Å²) < 4.78 is 119. The van der Waals surface area contributed by atoms with E-state index in [-0.39, 0.29) is 56.7 Å². The molecule has 270 valence electrons. The lowest BCUT2D eigenvalue weighted by Crippen LogP contribution is -2.14. The maximum absolute atomic E-state index is 12.8. The zero-order valence-electron chi connectivity index (χ0n) is 25.4. The maximum atomic E-state index is 12.8. The molecule has 4 aromatic carbocycles. The van der Waals surface area contributed by atoms with Crippen molar-refractivity contribution >= 4 is 91.4 Å². The Hall–Kier alpha value is -4.35. The third-order valence-corrected chi connectivity index (χ3v) is 11.0. The Morgan fingerprint density at radius 1 is 0.760 bits per heavy atom. The van der Waals surface area contributed by atoms with Gasteiger partial charge in [0, 0.05) is 35.5 Å². The average Bonchev–Trinajstić information content (AvgIpc) is 2.96. The molecule has 0 fully saturated rings. The number of phenols is 1. The first kappa shape index (κ1) is 40.1. The molecule has 4 rings (SSSR count). The number of nitrogens with one attached hydrogen (secondary N) is 2. The lowest BCUT2D eigenvalue weighted by molar-refractivity contribution is -0.114. The predicted molar refractivity (Wildman–Crippen MR) is 183 cm³/mol. The summed E-state index contributed by atoms with van der Waals surface area (Å²) in [6.07, 6.45) is 0. The fraction of sp³-hybridized carbons (Fsp3) is 0.143. The van der Waals surface area contributed by atoms with Crippen molar-refractivity contribution in [1.82, 2.24) is 0 Å². The van der Waals surface area contributed by atoms with E-state index in [1.165, 1.54) is 43.3 Å². The molecular formula is C28H28ClN3O14S4. The quantitative estimate of drug-likeness (QED) is 0.0690. The predicted octanol–water partition coefficient (Wildman–Crippen LogP) is 2.92. The van der Waals surface area contributed by atoms with Crippen LogP contribution < -0.4 is 16.4 Å². The Bertz CT molecular complexity index is 2410. The van der Waals surface area contributed by atoms with Crippen LogP contribution in [0.4, 0.5) is 17.1 Å². The van der Waals surface area contributed by atoms with E-state index >= 15 is 0 Å². The number of anilines is 3. The van der Waals surface area contributed by atoms with Crippen LogP contribution >= 0.6 is 11.6 Å². The van der Waals surface area contributed by atoms with Crippen molar-refractivity contribution in [3.05, 3.63) is 77.9 Å². The molecule has 0 saturated heterocycles. The summed E-state index contributed by atoms with van der Waals surface area (Å²) in [7, 11) is -17.4. The van der Waals surface area contributed by atoms with E-state index in [0.717, 1.165) is 24.3 Å². The Balaban J connectivity index is 0.000000376. The monoisotopic (exact) mass is 793 g/mol. The van der Waals surface area contributed by atoms with Crippen LogP contribution in [0.15, 0.2) is 81.4 Å². The third-order valence-electron chi connectivity index (χ3n) is 6.42. The number of carbonyl (C=O) groups is 2. The summed E-state index contributed by atoms with van der Waals surface area (Å²) in [4.78, 5) is 21.6. The van der Waals surface area contributed by atoms with Gasteiger partial charge in [-0.05, 0) is 59.5 Å². The van der Waals surface area contributed by atoms with Gasteiger partial charge in [-0.1, -0.05) is 12.1 Å². The van der Waals surface area contributed by atoms with Crippen molar-refractivity contribution in [2.45, 2.75) is 27.4 Å². The van der Waals surface area contributed by atoms with Crippen molar-refractivity contribution < 1.29 is 62.0 Å². The Labute approximate surface area is 291 Å². The number of carbonyl (C=O) groups excluding carboxylic acids is 2. The number of nitrogen functional groups attached to an aromatic ring is 1. The van der Waals surface area contributed by atoms with Crippen molar-refractivity contribution in [3.63, 3.8) is 0 Å². The lowest BCUT2D eigenvalue weighted by Gasteiger charge is -2.13. The van der Waals surface area contributed by atoms with Crippen molar-refractivity contribution in [2.24, 2.45) is 0 Å². The average molecular weight is 794 g/mol. The van der Waals surface area contributed by atoms with Gasteiger partial charge in [0.25, 0.3) is 36.3 Å². The minimum absolute atomic E-state index is 0.0444. The summed E-state index contributed by atoms with van der Waals surface area (Å²) >= 11 is 5.47. The van der Waals surface area contributed by atoms with Crippen LogP contribution in [0.5, 0.6) is 5.75 Å². The highest BCUT2D eigenvalue weighted by Crippen LogP contribution is 2.37. The van der Waals surface area contributed by atoms with Gasteiger partial charge in [-0.3, -0.25) is 23.2 Å². The summed E-state index contributed by atoms with van der Waals surface area (Å²) in [5.41, 5.74) is 5.70. The van der Waals surface area contributed by atoms with Gasteiger partial charge in [0.05, 0.1) is 32.7 Å². The minimum Gasteiger partial charge on any atom is -0.507 e. The highest BCUT2D eigenvalue weighted by Gasteiger charge is 2.21. The third kappa shape index (κ3) is 10.8.